The monoisotopic (exact) mass is 487 g/mol. The second-order valence-corrected chi connectivity index (χ2v) is 8.68. The first-order valence-electron chi connectivity index (χ1n) is 7.95. The van der Waals surface area contributed by atoms with Crippen LogP contribution < -0.4 is 5.32 Å². The van der Waals surface area contributed by atoms with E-state index in [0.717, 1.165) is 4.90 Å². The fourth-order valence-corrected chi connectivity index (χ4v) is 4.57. The maximum atomic E-state index is 12.5. The lowest BCUT2D eigenvalue weighted by atomic mass is 9.81. The number of benzene rings is 1. The highest BCUT2D eigenvalue weighted by Gasteiger charge is 2.52. The summed E-state index contributed by atoms with van der Waals surface area (Å²) in [6.45, 7) is -0.360. The molecule has 0 unspecified atom stereocenters. The standard InChI is InChI=1S/C16H15Br2N3O5/c17-12-5-10-11(6-13(12)18)16(24)20(15(10)23)7-14(22)19-8-1-3-9(4-2-8)21(25)26/h1-4,10-13H,5-7H2,(H,19,22)/t10-,11-,12+,13+/m1/s1. The predicted octanol–water partition coefficient (Wildman–Crippen LogP) is 2.46. The quantitative estimate of drug-likeness (QED) is 0.303. The fraction of sp³-hybridized carbons (Fsp3) is 0.438. The molecular formula is C16H15Br2N3O5. The number of nitro groups is 1. The molecule has 0 aromatic heterocycles. The molecule has 1 aliphatic heterocycles. The van der Waals surface area contributed by atoms with Gasteiger partial charge in [-0.15, -0.1) is 0 Å². The molecule has 3 amide bonds. The molecule has 1 aliphatic carbocycles. The fourth-order valence-electron chi connectivity index (χ4n) is 3.33. The van der Waals surface area contributed by atoms with Gasteiger partial charge in [0, 0.05) is 27.5 Å². The van der Waals surface area contributed by atoms with Crippen molar-refractivity contribution >= 4 is 61.0 Å². The minimum absolute atomic E-state index is 0.0920. The van der Waals surface area contributed by atoms with Crippen molar-refractivity contribution in [3.63, 3.8) is 0 Å². The number of non-ortho nitro benzene ring substituents is 1. The van der Waals surface area contributed by atoms with Gasteiger partial charge in [0.15, 0.2) is 0 Å². The van der Waals surface area contributed by atoms with Crippen molar-refractivity contribution in [2.24, 2.45) is 11.8 Å². The predicted molar refractivity (Wildman–Crippen MR) is 100 cm³/mol. The number of fused-ring (bicyclic) bond motifs is 1. The van der Waals surface area contributed by atoms with Crippen molar-refractivity contribution in [2.75, 3.05) is 11.9 Å². The van der Waals surface area contributed by atoms with Gasteiger partial charge < -0.3 is 5.32 Å². The van der Waals surface area contributed by atoms with E-state index in [1.165, 1.54) is 24.3 Å². The molecular weight excluding hydrogens is 474 g/mol. The Morgan fingerprint density at radius 2 is 1.62 bits per heavy atom. The second kappa shape index (κ2) is 7.43. The number of rotatable bonds is 4. The zero-order chi connectivity index (χ0) is 19.0. The van der Waals surface area contributed by atoms with Crippen LogP contribution in [-0.2, 0) is 14.4 Å². The maximum Gasteiger partial charge on any atom is 0.269 e. The van der Waals surface area contributed by atoms with Gasteiger partial charge in [-0.1, -0.05) is 31.9 Å². The second-order valence-electron chi connectivity index (χ2n) is 6.33. The number of nitrogens with zero attached hydrogens (tertiary/aromatic N) is 2. The molecule has 1 aromatic carbocycles. The van der Waals surface area contributed by atoms with Crippen LogP contribution >= 0.6 is 31.9 Å². The van der Waals surface area contributed by atoms with E-state index in [1.54, 1.807) is 0 Å². The molecule has 1 saturated heterocycles. The summed E-state index contributed by atoms with van der Waals surface area (Å²) >= 11 is 7.02. The van der Waals surface area contributed by atoms with Gasteiger partial charge in [-0.25, -0.2) is 0 Å². The highest BCUT2D eigenvalue weighted by Crippen LogP contribution is 2.43. The Bertz CT molecular complexity index is 742. The number of amides is 3. The van der Waals surface area contributed by atoms with Crippen molar-refractivity contribution in [1.29, 1.82) is 0 Å². The Morgan fingerprint density at radius 1 is 1.12 bits per heavy atom. The van der Waals surface area contributed by atoms with E-state index in [0.29, 0.717) is 18.5 Å². The molecule has 1 N–H and O–H groups in total. The van der Waals surface area contributed by atoms with Gasteiger partial charge in [-0.3, -0.25) is 29.4 Å². The number of imide groups is 1. The smallest absolute Gasteiger partial charge is 0.269 e. The number of nitro benzene ring substituents is 1. The van der Waals surface area contributed by atoms with Crippen molar-refractivity contribution in [3.8, 4) is 0 Å². The van der Waals surface area contributed by atoms with E-state index in [4.69, 9.17) is 0 Å². The Hall–Kier alpha value is -1.81. The molecule has 1 heterocycles. The highest BCUT2D eigenvalue weighted by atomic mass is 79.9. The van der Waals surface area contributed by atoms with E-state index in [2.05, 4.69) is 37.2 Å². The molecule has 2 fully saturated rings. The molecule has 0 radical (unpaired) electrons. The Balaban J connectivity index is 1.65. The number of alkyl halides is 2. The van der Waals surface area contributed by atoms with E-state index < -0.39 is 22.7 Å². The lowest BCUT2D eigenvalue weighted by molar-refractivity contribution is -0.384. The van der Waals surface area contributed by atoms with Crippen molar-refractivity contribution < 1.29 is 19.3 Å². The van der Waals surface area contributed by atoms with Gasteiger partial charge in [-0.05, 0) is 25.0 Å². The lowest BCUT2D eigenvalue weighted by Crippen LogP contribution is -2.38. The van der Waals surface area contributed by atoms with Crippen LogP contribution in [-0.4, -0.2) is 43.7 Å². The number of hydrogen-bond donors (Lipinski definition) is 1. The van der Waals surface area contributed by atoms with Crippen LogP contribution in [0.25, 0.3) is 0 Å². The van der Waals surface area contributed by atoms with Gasteiger partial charge in [0.25, 0.3) is 5.69 Å². The Kier molecular flexibility index (Phi) is 5.42. The van der Waals surface area contributed by atoms with E-state index >= 15 is 0 Å². The van der Waals surface area contributed by atoms with Gasteiger partial charge in [0.05, 0.1) is 16.8 Å². The summed E-state index contributed by atoms with van der Waals surface area (Å²) in [6, 6.07) is 5.33. The topological polar surface area (TPSA) is 110 Å². The number of anilines is 1. The molecule has 26 heavy (non-hydrogen) atoms. The zero-order valence-corrected chi connectivity index (χ0v) is 16.6. The molecule has 0 bridgehead atoms. The van der Waals surface area contributed by atoms with Crippen molar-refractivity contribution in [1.82, 2.24) is 4.90 Å². The van der Waals surface area contributed by atoms with Crippen LogP contribution in [0.1, 0.15) is 12.8 Å². The zero-order valence-electron chi connectivity index (χ0n) is 13.4. The SMILES string of the molecule is O=C(CN1C(=O)[C@@H]2C[C@H](Br)[C@@H](Br)C[C@H]2C1=O)Nc1ccc([N+](=O)[O-])cc1. The average molecular weight is 489 g/mol. The van der Waals surface area contributed by atoms with Crippen molar-refractivity contribution in [2.45, 2.75) is 22.5 Å². The van der Waals surface area contributed by atoms with Crippen LogP contribution in [0.5, 0.6) is 0 Å². The summed E-state index contributed by atoms with van der Waals surface area (Å²) in [6.07, 6.45) is 1.09. The van der Waals surface area contributed by atoms with Crippen LogP contribution in [0.15, 0.2) is 24.3 Å². The van der Waals surface area contributed by atoms with E-state index in [1.807, 2.05) is 0 Å². The first-order valence-corrected chi connectivity index (χ1v) is 9.78. The van der Waals surface area contributed by atoms with Gasteiger partial charge in [0.1, 0.15) is 6.54 Å². The first-order chi connectivity index (χ1) is 12.3. The summed E-state index contributed by atoms with van der Waals surface area (Å²) in [7, 11) is 0. The molecule has 4 atom stereocenters. The largest absolute Gasteiger partial charge is 0.325 e. The molecule has 1 saturated carbocycles. The van der Waals surface area contributed by atoms with Crippen LogP contribution in [0.3, 0.4) is 0 Å². The molecule has 138 valence electrons. The van der Waals surface area contributed by atoms with Crippen LogP contribution in [0.2, 0.25) is 0 Å². The number of nitrogens with one attached hydrogen (secondary N) is 1. The number of carbonyl (C=O) groups excluding carboxylic acids is 3. The molecule has 3 rings (SSSR count). The summed E-state index contributed by atoms with van der Waals surface area (Å²) in [4.78, 5) is 48.6. The van der Waals surface area contributed by atoms with Crippen LogP contribution in [0.4, 0.5) is 11.4 Å². The van der Waals surface area contributed by atoms with Gasteiger partial charge >= 0.3 is 0 Å². The molecule has 1 aromatic rings. The molecule has 2 aliphatic rings. The number of likely N-dealkylation sites (tertiary alicyclic amines) is 1. The summed E-state index contributed by atoms with van der Waals surface area (Å²) in [5.41, 5.74) is 0.267. The number of carbonyl (C=O) groups is 3. The normalized spacial score (nSPS) is 28.0. The molecule has 0 spiro atoms. The van der Waals surface area contributed by atoms with E-state index in [9.17, 15) is 24.5 Å². The van der Waals surface area contributed by atoms with Crippen molar-refractivity contribution in [3.05, 3.63) is 34.4 Å². The van der Waals surface area contributed by atoms with Gasteiger partial charge in [0.2, 0.25) is 17.7 Å². The summed E-state index contributed by atoms with van der Waals surface area (Å²) in [5, 5.41) is 13.2. The van der Waals surface area contributed by atoms with Crippen LogP contribution in [0, 0.1) is 22.0 Å². The van der Waals surface area contributed by atoms with Gasteiger partial charge in [-0.2, -0.15) is 0 Å². The summed E-state index contributed by atoms with van der Waals surface area (Å²) in [5.74, 6) is -1.95. The number of hydrogen-bond acceptors (Lipinski definition) is 5. The Labute approximate surface area is 165 Å². The first kappa shape index (κ1) is 19.0. The minimum Gasteiger partial charge on any atom is -0.325 e. The molecule has 8 nitrogen and oxygen atoms in total. The third-order valence-electron chi connectivity index (χ3n) is 4.67. The summed E-state index contributed by atoms with van der Waals surface area (Å²) < 4.78 is 0. The third-order valence-corrected chi connectivity index (χ3v) is 7.40. The maximum absolute atomic E-state index is 12.5. The highest BCUT2D eigenvalue weighted by molar-refractivity contribution is 9.12. The Morgan fingerprint density at radius 3 is 2.08 bits per heavy atom. The molecule has 10 heteroatoms. The minimum atomic E-state index is -0.539. The lowest BCUT2D eigenvalue weighted by Gasteiger charge is -2.29. The average Bonchev–Trinajstić information content (AvgIpc) is 2.80. The number of halogens is 2. The third kappa shape index (κ3) is 3.66. The van der Waals surface area contributed by atoms with E-state index in [-0.39, 0.29) is 33.7 Å².